The van der Waals surface area contributed by atoms with Crippen LogP contribution in [0.1, 0.15) is 18.1 Å². The van der Waals surface area contributed by atoms with Crippen LogP contribution in [0.5, 0.6) is 0 Å². The number of amides is 1. The Labute approximate surface area is 157 Å². The molecule has 2 unspecified atom stereocenters. The fourth-order valence-electron chi connectivity index (χ4n) is 2.38. The summed E-state index contributed by atoms with van der Waals surface area (Å²) in [6.07, 6.45) is 0.495. The molecule has 0 spiro atoms. The SMILES string of the molecule is CC(CO)(NC(=O)C(Br)Cc1ccccc1)c1cc(Br)ccc1F. The van der Waals surface area contributed by atoms with E-state index < -0.39 is 22.8 Å². The van der Waals surface area contributed by atoms with E-state index >= 15 is 0 Å². The second kappa shape index (κ2) is 8.23. The van der Waals surface area contributed by atoms with Crippen molar-refractivity contribution < 1.29 is 14.3 Å². The van der Waals surface area contributed by atoms with Gasteiger partial charge in [-0.2, -0.15) is 0 Å². The summed E-state index contributed by atoms with van der Waals surface area (Å²) >= 11 is 6.66. The molecule has 0 radical (unpaired) electrons. The second-order valence-electron chi connectivity index (χ2n) is 5.76. The molecule has 3 nitrogen and oxygen atoms in total. The van der Waals surface area contributed by atoms with Crippen molar-refractivity contribution in [2.45, 2.75) is 23.7 Å². The Balaban J connectivity index is 2.16. The molecule has 128 valence electrons. The van der Waals surface area contributed by atoms with Crippen LogP contribution in [0.25, 0.3) is 0 Å². The summed E-state index contributed by atoms with van der Waals surface area (Å²) in [5.41, 5.74) is 0.0224. The number of rotatable bonds is 6. The molecule has 0 aliphatic heterocycles. The van der Waals surface area contributed by atoms with Gasteiger partial charge in [-0.1, -0.05) is 62.2 Å². The van der Waals surface area contributed by atoms with Crippen LogP contribution >= 0.6 is 31.9 Å². The molecular weight excluding hydrogens is 441 g/mol. The molecule has 0 fully saturated rings. The summed E-state index contributed by atoms with van der Waals surface area (Å²) < 4.78 is 14.8. The molecule has 2 rings (SSSR count). The Hall–Kier alpha value is -1.24. The standard InChI is InChI=1S/C18H18Br2FNO2/c1-18(11-23,14-10-13(19)7-8-16(14)21)22-17(24)15(20)9-12-5-3-2-4-6-12/h2-8,10,15,23H,9,11H2,1H3,(H,22,24). The maximum Gasteiger partial charge on any atom is 0.234 e. The molecule has 2 N–H and O–H groups in total. The molecule has 0 aliphatic carbocycles. The number of aliphatic hydroxyl groups is 1. The third kappa shape index (κ3) is 4.65. The molecule has 0 heterocycles. The van der Waals surface area contributed by atoms with Crippen molar-refractivity contribution in [1.29, 1.82) is 0 Å². The number of hydrogen-bond acceptors (Lipinski definition) is 2. The molecule has 6 heteroatoms. The van der Waals surface area contributed by atoms with Gasteiger partial charge in [-0.15, -0.1) is 0 Å². The van der Waals surface area contributed by atoms with Gasteiger partial charge in [0.15, 0.2) is 0 Å². The van der Waals surface area contributed by atoms with Crippen molar-refractivity contribution in [3.05, 3.63) is 69.9 Å². The minimum atomic E-state index is -1.21. The number of halogens is 3. The number of aliphatic hydroxyl groups excluding tert-OH is 1. The van der Waals surface area contributed by atoms with Gasteiger partial charge in [-0.25, -0.2) is 4.39 Å². The molecule has 2 atom stereocenters. The van der Waals surface area contributed by atoms with Gasteiger partial charge in [0.25, 0.3) is 0 Å². The zero-order chi connectivity index (χ0) is 17.7. The summed E-state index contributed by atoms with van der Waals surface area (Å²) in [5, 5.41) is 12.5. The van der Waals surface area contributed by atoms with Crippen molar-refractivity contribution in [2.75, 3.05) is 6.61 Å². The van der Waals surface area contributed by atoms with Crippen LogP contribution < -0.4 is 5.32 Å². The lowest BCUT2D eigenvalue weighted by Crippen LogP contribution is -2.49. The largest absolute Gasteiger partial charge is 0.394 e. The topological polar surface area (TPSA) is 49.3 Å². The van der Waals surface area contributed by atoms with Crippen LogP contribution in [0.2, 0.25) is 0 Å². The maximum atomic E-state index is 14.2. The van der Waals surface area contributed by atoms with E-state index in [4.69, 9.17) is 0 Å². The predicted octanol–water partition coefficient (Wildman–Crippen LogP) is 3.92. The number of hydrogen-bond donors (Lipinski definition) is 2. The van der Waals surface area contributed by atoms with E-state index in [0.717, 1.165) is 5.56 Å². The van der Waals surface area contributed by atoms with E-state index in [2.05, 4.69) is 37.2 Å². The minimum absolute atomic E-state index is 0.229. The molecule has 24 heavy (non-hydrogen) atoms. The van der Waals surface area contributed by atoms with Crippen molar-refractivity contribution in [3.8, 4) is 0 Å². The number of carbonyl (C=O) groups is 1. The van der Waals surface area contributed by atoms with Crippen molar-refractivity contribution in [3.63, 3.8) is 0 Å². The zero-order valence-electron chi connectivity index (χ0n) is 13.1. The summed E-state index contributed by atoms with van der Waals surface area (Å²) in [4.78, 5) is 12.0. The summed E-state index contributed by atoms with van der Waals surface area (Å²) in [7, 11) is 0. The summed E-state index contributed by atoms with van der Waals surface area (Å²) in [6, 6.07) is 14.0. The number of carbonyl (C=O) groups excluding carboxylic acids is 1. The third-order valence-electron chi connectivity index (χ3n) is 3.78. The highest BCUT2D eigenvalue weighted by atomic mass is 79.9. The number of benzene rings is 2. The smallest absolute Gasteiger partial charge is 0.234 e. The highest BCUT2D eigenvalue weighted by Crippen LogP contribution is 2.27. The lowest BCUT2D eigenvalue weighted by atomic mass is 9.92. The Morgan fingerprint density at radius 1 is 1.29 bits per heavy atom. The van der Waals surface area contributed by atoms with Crippen LogP contribution in [-0.2, 0) is 16.8 Å². The first-order valence-electron chi connectivity index (χ1n) is 7.42. The van der Waals surface area contributed by atoms with E-state index in [1.807, 2.05) is 30.3 Å². The van der Waals surface area contributed by atoms with Gasteiger partial charge in [0.1, 0.15) is 5.82 Å². The van der Waals surface area contributed by atoms with Crippen molar-refractivity contribution in [2.24, 2.45) is 0 Å². The highest BCUT2D eigenvalue weighted by molar-refractivity contribution is 9.10. The second-order valence-corrected chi connectivity index (χ2v) is 7.78. The Morgan fingerprint density at radius 2 is 1.96 bits per heavy atom. The first kappa shape index (κ1) is 19.1. The van der Waals surface area contributed by atoms with Crippen LogP contribution in [-0.4, -0.2) is 22.4 Å². The van der Waals surface area contributed by atoms with E-state index in [-0.39, 0.29) is 11.5 Å². The van der Waals surface area contributed by atoms with Gasteiger partial charge in [0, 0.05) is 10.0 Å². The number of alkyl halides is 1. The summed E-state index contributed by atoms with van der Waals surface area (Å²) in [6.45, 7) is 1.18. The minimum Gasteiger partial charge on any atom is -0.394 e. The fraction of sp³-hybridized carbons (Fsp3) is 0.278. The van der Waals surface area contributed by atoms with Gasteiger partial charge in [-0.3, -0.25) is 4.79 Å². The summed E-state index contributed by atoms with van der Waals surface area (Å²) in [5.74, 6) is -0.793. The van der Waals surface area contributed by atoms with Crippen LogP contribution in [0, 0.1) is 5.82 Å². The predicted molar refractivity (Wildman–Crippen MR) is 99.5 cm³/mol. The molecule has 0 aliphatic rings. The first-order chi connectivity index (χ1) is 11.4. The van der Waals surface area contributed by atoms with Gasteiger partial charge >= 0.3 is 0 Å². The van der Waals surface area contributed by atoms with Crippen LogP contribution in [0.15, 0.2) is 53.0 Å². The molecule has 0 aromatic heterocycles. The van der Waals surface area contributed by atoms with Gasteiger partial charge in [0.2, 0.25) is 5.91 Å². The van der Waals surface area contributed by atoms with Crippen LogP contribution in [0.3, 0.4) is 0 Å². The van der Waals surface area contributed by atoms with Gasteiger partial charge in [-0.05, 0) is 37.1 Å². The van der Waals surface area contributed by atoms with E-state index in [1.54, 1.807) is 19.1 Å². The molecule has 0 saturated heterocycles. The zero-order valence-corrected chi connectivity index (χ0v) is 16.3. The molecule has 2 aromatic rings. The Kier molecular flexibility index (Phi) is 6.54. The molecule has 0 bridgehead atoms. The fourth-order valence-corrected chi connectivity index (χ4v) is 3.23. The van der Waals surface area contributed by atoms with E-state index in [9.17, 15) is 14.3 Å². The Morgan fingerprint density at radius 3 is 2.58 bits per heavy atom. The maximum absolute atomic E-state index is 14.2. The van der Waals surface area contributed by atoms with Crippen LogP contribution in [0.4, 0.5) is 4.39 Å². The quantitative estimate of drug-likeness (QED) is 0.644. The highest BCUT2D eigenvalue weighted by Gasteiger charge is 2.32. The average Bonchev–Trinajstić information content (AvgIpc) is 2.57. The Bertz CT molecular complexity index is 711. The lowest BCUT2D eigenvalue weighted by molar-refractivity contribution is -0.122. The van der Waals surface area contributed by atoms with Crippen molar-refractivity contribution in [1.82, 2.24) is 5.32 Å². The number of nitrogens with one attached hydrogen (secondary N) is 1. The monoisotopic (exact) mass is 457 g/mol. The molecular formula is C18H18Br2FNO2. The molecule has 2 aromatic carbocycles. The average molecular weight is 459 g/mol. The van der Waals surface area contributed by atoms with Gasteiger partial charge < -0.3 is 10.4 Å². The third-order valence-corrected chi connectivity index (χ3v) is 5.01. The first-order valence-corrected chi connectivity index (χ1v) is 9.13. The molecule has 1 amide bonds. The lowest BCUT2D eigenvalue weighted by Gasteiger charge is -2.31. The van der Waals surface area contributed by atoms with E-state index in [0.29, 0.717) is 10.9 Å². The van der Waals surface area contributed by atoms with Crippen molar-refractivity contribution >= 4 is 37.8 Å². The van der Waals surface area contributed by atoms with Gasteiger partial charge in [0.05, 0.1) is 17.0 Å². The normalized spacial score (nSPS) is 14.7. The molecule has 0 saturated carbocycles. The van der Waals surface area contributed by atoms with E-state index in [1.165, 1.54) is 6.07 Å².